The van der Waals surface area contributed by atoms with Crippen molar-refractivity contribution in [2.45, 2.75) is 0 Å². The van der Waals surface area contributed by atoms with Gasteiger partial charge in [-0.05, 0) is 18.2 Å². The van der Waals surface area contributed by atoms with Crippen molar-refractivity contribution in [1.82, 2.24) is 0 Å². The van der Waals surface area contributed by atoms with E-state index >= 15 is 0 Å². The van der Waals surface area contributed by atoms with E-state index < -0.39 is 16.7 Å². The van der Waals surface area contributed by atoms with Crippen LogP contribution in [0, 0.1) is 0 Å². The van der Waals surface area contributed by atoms with Gasteiger partial charge in [0.15, 0.2) is 11.5 Å². The van der Waals surface area contributed by atoms with Gasteiger partial charge in [0, 0.05) is 5.56 Å². The number of Topliss-reactive ketones (excluding diaryl/α,β-unsaturated/α-hetero) is 1. The first-order valence-electron chi connectivity index (χ1n) is 3.50. The minimum atomic E-state index is -0.746. The molecule has 1 aromatic rings. The van der Waals surface area contributed by atoms with Crippen LogP contribution in [0.2, 0.25) is 0 Å². The number of carbonyl (C=O) groups is 1. The van der Waals surface area contributed by atoms with E-state index in [2.05, 4.69) is 5.16 Å². The molecule has 0 saturated carbocycles. The summed E-state index contributed by atoms with van der Waals surface area (Å²) >= 11 is 5.25. The molecule has 0 amide bonds. The second kappa shape index (κ2) is 3.97. The Labute approximate surface area is 83.9 Å². The summed E-state index contributed by atoms with van der Waals surface area (Å²) in [4.78, 5) is 11.2. The standard InChI is InChI=1S/C8H6ClNO4/c9-8(10-14)7(13)4-1-2-5(11)6(12)3-4/h1-3,11-12,14H. The molecule has 0 saturated heterocycles. The highest BCUT2D eigenvalue weighted by atomic mass is 35.5. The molecule has 1 aromatic carbocycles. The van der Waals surface area contributed by atoms with Crippen molar-refractivity contribution in [3.05, 3.63) is 23.8 Å². The maximum absolute atomic E-state index is 11.2. The number of aromatic hydroxyl groups is 2. The average Bonchev–Trinajstić information content (AvgIpc) is 2.20. The molecule has 74 valence electrons. The van der Waals surface area contributed by atoms with Gasteiger partial charge in [-0.15, -0.1) is 0 Å². The Morgan fingerprint density at radius 2 is 1.93 bits per heavy atom. The predicted molar refractivity (Wildman–Crippen MR) is 49.2 cm³/mol. The fourth-order valence-corrected chi connectivity index (χ4v) is 0.938. The van der Waals surface area contributed by atoms with E-state index in [1.807, 2.05) is 0 Å². The summed E-state index contributed by atoms with van der Waals surface area (Å²) in [5.74, 6) is -1.54. The molecule has 0 aromatic heterocycles. The molecule has 0 fully saturated rings. The quantitative estimate of drug-likeness (QED) is 0.228. The topological polar surface area (TPSA) is 90.1 Å². The van der Waals surface area contributed by atoms with Crippen LogP contribution < -0.4 is 0 Å². The number of rotatable bonds is 2. The SMILES string of the molecule is O=C(C(Cl)=NO)c1ccc(O)c(O)c1. The zero-order valence-corrected chi connectivity index (χ0v) is 7.56. The Morgan fingerprint density at radius 1 is 1.29 bits per heavy atom. The molecular weight excluding hydrogens is 210 g/mol. The monoisotopic (exact) mass is 215 g/mol. The van der Waals surface area contributed by atoms with Gasteiger partial charge in [0.2, 0.25) is 11.0 Å². The molecule has 6 heteroatoms. The second-order valence-electron chi connectivity index (χ2n) is 2.42. The predicted octanol–water partition coefficient (Wildman–Crippen LogP) is 1.31. The molecule has 1 rings (SSSR count). The highest BCUT2D eigenvalue weighted by Gasteiger charge is 2.13. The Morgan fingerprint density at radius 3 is 2.43 bits per heavy atom. The lowest BCUT2D eigenvalue weighted by Crippen LogP contribution is -2.07. The highest BCUT2D eigenvalue weighted by Crippen LogP contribution is 2.25. The number of phenols is 2. The van der Waals surface area contributed by atoms with E-state index in [0.717, 1.165) is 12.1 Å². The van der Waals surface area contributed by atoms with Crippen molar-refractivity contribution in [2.75, 3.05) is 0 Å². The summed E-state index contributed by atoms with van der Waals surface area (Å²) in [7, 11) is 0. The van der Waals surface area contributed by atoms with E-state index in [-0.39, 0.29) is 11.3 Å². The zero-order valence-electron chi connectivity index (χ0n) is 6.81. The number of oxime groups is 1. The van der Waals surface area contributed by atoms with Gasteiger partial charge in [0.1, 0.15) is 0 Å². The first-order valence-corrected chi connectivity index (χ1v) is 3.88. The molecule has 0 unspecified atom stereocenters. The molecule has 3 N–H and O–H groups in total. The maximum atomic E-state index is 11.2. The summed E-state index contributed by atoms with van der Waals surface area (Å²) in [6.07, 6.45) is 0. The Bertz CT molecular complexity index is 402. The van der Waals surface area contributed by atoms with Gasteiger partial charge >= 0.3 is 0 Å². The van der Waals surface area contributed by atoms with Crippen LogP contribution in [0.3, 0.4) is 0 Å². The molecule has 0 atom stereocenters. The smallest absolute Gasteiger partial charge is 0.226 e. The number of benzene rings is 1. The van der Waals surface area contributed by atoms with Crippen LogP contribution in [0.4, 0.5) is 0 Å². The van der Waals surface area contributed by atoms with E-state index in [4.69, 9.17) is 27.0 Å². The van der Waals surface area contributed by atoms with Crippen LogP contribution in [0.5, 0.6) is 11.5 Å². The summed E-state index contributed by atoms with van der Waals surface area (Å²) in [5.41, 5.74) is 0.0168. The summed E-state index contributed by atoms with van der Waals surface area (Å²) in [6, 6.07) is 3.39. The Balaban J connectivity index is 3.09. The lowest BCUT2D eigenvalue weighted by atomic mass is 10.1. The number of carbonyl (C=O) groups excluding carboxylic acids is 1. The number of nitrogens with zero attached hydrogens (tertiary/aromatic N) is 1. The van der Waals surface area contributed by atoms with Crippen LogP contribution in [0.25, 0.3) is 0 Å². The Kier molecular flexibility index (Phi) is 2.93. The molecule has 0 aliphatic carbocycles. The van der Waals surface area contributed by atoms with E-state index in [9.17, 15) is 4.79 Å². The Hall–Kier alpha value is -1.75. The molecule has 0 aliphatic rings. The van der Waals surface area contributed by atoms with Crippen molar-refractivity contribution < 1.29 is 20.2 Å². The molecule has 0 heterocycles. The van der Waals surface area contributed by atoms with Gasteiger partial charge in [-0.1, -0.05) is 16.8 Å². The molecule has 0 radical (unpaired) electrons. The largest absolute Gasteiger partial charge is 0.504 e. The molecule has 5 nitrogen and oxygen atoms in total. The first kappa shape index (κ1) is 10.3. The highest BCUT2D eigenvalue weighted by molar-refractivity contribution is 6.84. The third kappa shape index (κ3) is 1.94. The van der Waals surface area contributed by atoms with Crippen LogP contribution in [-0.4, -0.2) is 26.4 Å². The lowest BCUT2D eigenvalue weighted by molar-refractivity contribution is 0.106. The van der Waals surface area contributed by atoms with E-state index in [1.54, 1.807) is 0 Å². The van der Waals surface area contributed by atoms with Crippen molar-refractivity contribution in [3.8, 4) is 11.5 Å². The van der Waals surface area contributed by atoms with Gasteiger partial charge < -0.3 is 15.4 Å². The number of phenolic OH excluding ortho intramolecular Hbond substituents is 2. The molecule has 14 heavy (non-hydrogen) atoms. The van der Waals surface area contributed by atoms with E-state index in [0.29, 0.717) is 0 Å². The number of halogens is 1. The van der Waals surface area contributed by atoms with E-state index in [1.165, 1.54) is 6.07 Å². The minimum absolute atomic E-state index is 0.0168. The number of hydrogen-bond acceptors (Lipinski definition) is 5. The fraction of sp³-hybridized carbons (Fsp3) is 0. The van der Waals surface area contributed by atoms with Crippen molar-refractivity contribution in [3.63, 3.8) is 0 Å². The van der Waals surface area contributed by atoms with Crippen LogP contribution in [0.15, 0.2) is 23.4 Å². The molecular formula is C8H6ClNO4. The third-order valence-electron chi connectivity index (χ3n) is 1.51. The van der Waals surface area contributed by atoms with Crippen LogP contribution in [0.1, 0.15) is 10.4 Å². The lowest BCUT2D eigenvalue weighted by Gasteiger charge is -2.00. The van der Waals surface area contributed by atoms with Gasteiger partial charge in [0.05, 0.1) is 0 Å². The molecule has 0 bridgehead atoms. The normalized spacial score (nSPS) is 11.4. The van der Waals surface area contributed by atoms with Crippen LogP contribution in [-0.2, 0) is 0 Å². The average molecular weight is 216 g/mol. The van der Waals surface area contributed by atoms with Gasteiger partial charge in [-0.3, -0.25) is 4.79 Å². The van der Waals surface area contributed by atoms with Crippen molar-refractivity contribution in [1.29, 1.82) is 0 Å². The summed E-state index contributed by atoms with van der Waals surface area (Å²) in [5, 5.41) is 28.1. The zero-order chi connectivity index (χ0) is 10.7. The third-order valence-corrected chi connectivity index (χ3v) is 1.76. The molecule has 0 aliphatic heterocycles. The van der Waals surface area contributed by atoms with Crippen molar-refractivity contribution >= 4 is 22.6 Å². The second-order valence-corrected chi connectivity index (χ2v) is 2.78. The summed E-state index contributed by atoms with van der Waals surface area (Å²) < 4.78 is 0. The maximum Gasteiger partial charge on any atom is 0.226 e. The van der Waals surface area contributed by atoms with Crippen molar-refractivity contribution in [2.24, 2.45) is 5.16 Å². The van der Waals surface area contributed by atoms with Crippen LogP contribution >= 0.6 is 11.6 Å². The minimum Gasteiger partial charge on any atom is -0.504 e. The first-order chi connectivity index (χ1) is 6.56. The number of hydrogen-bond donors (Lipinski definition) is 3. The van der Waals surface area contributed by atoms with Gasteiger partial charge in [-0.25, -0.2) is 0 Å². The molecule has 0 spiro atoms. The van der Waals surface area contributed by atoms with Gasteiger partial charge in [-0.2, -0.15) is 0 Å². The summed E-state index contributed by atoms with van der Waals surface area (Å²) in [6.45, 7) is 0. The number of ketones is 1. The van der Waals surface area contributed by atoms with Gasteiger partial charge in [0.25, 0.3) is 0 Å². The fourth-order valence-electron chi connectivity index (χ4n) is 0.829.